The van der Waals surface area contributed by atoms with E-state index in [2.05, 4.69) is 5.32 Å². The number of carbonyl (C=O) groups is 1. The van der Waals surface area contributed by atoms with E-state index < -0.39 is 15.9 Å². The first-order valence-electron chi connectivity index (χ1n) is 8.63. The van der Waals surface area contributed by atoms with Crippen molar-refractivity contribution < 1.29 is 13.2 Å². The first-order valence-corrected chi connectivity index (χ1v) is 11.0. The molecule has 0 spiro atoms. The third-order valence-corrected chi connectivity index (χ3v) is 6.94. The Bertz CT molecular complexity index is 917. The number of piperidine rings is 1. The molecule has 0 radical (unpaired) electrons. The highest BCUT2D eigenvalue weighted by Gasteiger charge is 2.32. The van der Waals surface area contributed by atoms with Crippen LogP contribution in [-0.2, 0) is 20.6 Å². The second-order valence-corrected chi connectivity index (χ2v) is 9.36. The van der Waals surface area contributed by atoms with Gasteiger partial charge >= 0.3 is 0 Å². The molecule has 1 aliphatic heterocycles. The number of amides is 1. The van der Waals surface area contributed by atoms with Gasteiger partial charge in [-0.25, -0.2) is 12.7 Å². The van der Waals surface area contributed by atoms with Gasteiger partial charge in [-0.15, -0.1) is 0 Å². The summed E-state index contributed by atoms with van der Waals surface area (Å²) in [7, 11) is -3.51. The van der Waals surface area contributed by atoms with Crippen LogP contribution in [0.4, 0.5) is 5.69 Å². The third kappa shape index (κ3) is 5.23. The Morgan fingerprint density at radius 3 is 2.52 bits per heavy atom. The molecular formula is C19H20Cl2N2O3S. The van der Waals surface area contributed by atoms with Gasteiger partial charge in [0.2, 0.25) is 15.9 Å². The number of anilines is 1. The molecular weight excluding hydrogens is 407 g/mol. The fraction of sp³-hybridized carbons (Fsp3) is 0.316. The molecule has 5 nitrogen and oxygen atoms in total. The molecule has 1 saturated heterocycles. The largest absolute Gasteiger partial charge is 0.324 e. The molecule has 0 aromatic heterocycles. The number of sulfonamides is 1. The number of para-hydroxylation sites is 1. The second-order valence-electron chi connectivity index (χ2n) is 6.55. The summed E-state index contributed by atoms with van der Waals surface area (Å²) in [6.07, 6.45) is 1.28. The minimum Gasteiger partial charge on any atom is -0.324 e. The van der Waals surface area contributed by atoms with Gasteiger partial charge < -0.3 is 5.32 Å². The summed E-state index contributed by atoms with van der Waals surface area (Å²) in [6, 6.07) is 13.7. The Labute approximate surface area is 169 Å². The van der Waals surface area contributed by atoms with Crippen LogP contribution in [-0.4, -0.2) is 31.7 Å². The molecule has 1 heterocycles. The van der Waals surface area contributed by atoms with Crippen molar-refractivity contribution in [1.29, 1.82) is 0 Å². The van der Waals surface area contributed by atoms with Crippen LogP contribution in [0.1, 0.15) is 18.4 Å². The zero-order chi connectivity index (χ0) is 19.4. The molecule has 1 aliphatic rings. The first kappa shape index (κ1) is 20.1. The molecule has 1 fully saturated rings. The van der Waals surface area contributed by atoms with Crippen molar-refractivity contribution in [3.8, 4) is 0 Å². The van der Waals surface area contributed by atoms with Crippen LogP contribution in [0.2, 0.25) is 10.0 Å². The fourth-order valence-electron chi connectivity index (χ4n) is 3.09. The van der Waals surface area contributed by atoms with E-state index in [1.807, 2.05) is 0 Å². The summed E-state index contributed by atoms with van der Waals surface area (Å²) in [6.45, 7) is 0.595. The standard InChI is InChI=1S/C19H20Cl2N2O3S/c20-16-9-7-14(8-10-16)13-27(25,26)23-11-3-4-15(12-23)19(24)22-18-6-2-1-5-17(18)21/h1-2,5-10,15H,3-4,11-13H2,(H,22,24)/t15-/m1/s1. The van der Waals surface area contributed by atoms with Crippen molar-refractivity contribution >= 4 is 44.8 Å². The van der Waals surface area contributed by atoms with Gasteiger partial charge in [0.05, 0.1) is 22.4 Å². The highest BCUT2D eigenvalue weighted by Crippen LogP contribution is 2.25. The van der Waals surface area contributed by atoms with Crippen LogP contribution < -0.4 is 5.32 Å². The molecule has 3 rings (SSSR count). The minimum absolute atomic E-state index is 0.108. The van der Waals surface area contributed by atoms with Crippen LogP contribution in [0, 0.1) is 5.92 Å². The quantitative estimate of drug-likeness (QED) is 0.779. The summed E-state index contributed by atoms with van der Waals surface area (Å²) in [5.41, 5.74) is 1.20. The second kappa shape index (κ2) is 8.61. The fourth-order valence-corrected chi connectivity index (χ4v) is 5.01. The van der Waals surface area contributed by atoms with Gasteiger partial charge in [-0.3, -0.25) is 4.79 Å². The number of benzene rings is 2. The molecule has 2 aromatic carbocycles. The molecule has 0 bridgehead atoms. The Balaban J connectivity index is 1.66. The molecule has 0 aliphatic carbocycles. The lowest BCUT2D eigenvalue weighted by Gasteiger charge is -2.31. The number of carbonyl (C=O) groups excluding carboxylic acids is 1. The van der Waals surface area contributed by atoms with Crippen molar-refractivity contribution in [1.82, 2.24) is 4.31 Å². The van der Waals surface area contributed by atoms with Gasteiger partial charge in [0.15, 0.2) is 0 Å². The van der Waals surface area contributed by atoms with E-state index in [1.54, 1.807) is 48.5 Å². The monoisotopic (exact) mass is 426 g/mol. The maximum Gasteiger partial charge on any atom is 0.228 e. The van der Waals surface area contributed by atoms with E-state index in [0.717, 1.165) is 0 Å². The van der Waals surface area contributed by atoms with Crippen molar-refractivity contribution in [3.05, 3.63) is 64.1 Å². The van der Waals surface area contributed by atoms with Gasteiger partial charge in [-0.2, -0.15) is 0 Å². The lowest BCUT2D eigenvalue weighted by atomic mass is 9.99. The molecule has 0 saturated carbocycles. The number of rotatable bonds is 5. The average molecular weight is 427 g/mol. The van der Waals surface area contributed by atoms with Gasteiger partial charge in [-0.05, 0) is 42.7 Å². The van der Waals surface area contributed by atoms with Crippen LogP contribution in [0.5, 0.6) is 0 Å². The summed E-state index contributed by atoms with van der Waals surface area (Å²) < 4.78 is 26.9. The normalized spacial score (nSPS) is 18.2. The predicted octanol–water partition coefficient (Wildman–Crippen LogP) is 4.17. The summed E-state index contributed by atoms with van der Waals surface area (Å²) >= 11 is 11.9. The number of nitrogens with one attached hydrogen (secondary N) is 1. The highest BCUT2D eigenvalue weighted by atomic mass is 35.5. The average Bonchev–Trinajstić information content (AvgIpc) is 2.65. The number of hydrogen-bond acceptors (Lipinski definition) is 3. The molecule has 8 heteroatoms. The predicted molar refractivity (Wildman–Crippen MR) is 108 cm³/mol. The van der Waals surface area contributed by atoms with E-state index >= 15 is 0 Å². The first-order chi connectivity index (χ1) is 12.8. The Hall–Kier alpha value is -1.60. The zero-order valence-electron chi connectivity index (χ0n) is 14.6. The number of hydrogen-bond donors (Lipinski definition) is 1. The van der Waals surface area contributed by atoms with Crippen LogP contribution in [0.15, 0.2) is 48.5 Å². The molecule has 1 N–H and O–H groups in total. The van der Waals surface area contributed by atoms with E-state index in [1.165, 1.54) is 4.31 Å². The van der Waals surface area contributed by atoms with Crippen molar-refractivity contribution in [3.63, 3.8) is 0 Å². The smallest absolute Gasteiger partial charge is 0.228 e. The van der Waals surface area contributed by atoms with E-state index in [-0.39, 0.29) is 18.2 Å². The van der Waals surface area contributed by atoms with Gasteiger partial charge in [0, 0.05) is 18.1 Å². The lowest BCUT2D eigenvalue weighted by Crippen LogP contribution is -2.44. The van der Waals surface area contributed by atoms with Crippen molar-refractivity contribution in [2.24, 2.45) is 5.92 Å². The van der Waals surface area contributed by atoms with Crippen molar-refractivity contribution in [2.75, 3.05) is 18.4 Å². The van der Waals surface area contributed by atoms with Crippen LogP contribution in [0.25, 0.3) is 0 Å². The third-order valence-electron chi connectivity index (χ3n) is 4.54. The van der Waals surface area contributed by atoms with E-state index in [9.17, 15) is 13.2 Å². The van der Waals surface area contributed by atoms with Crippen molar-refractivity contribution in [2.45, 2.75) is 18.6 Å². The van der Waals surface area contributed by atoms with Crippen LogP contribution >= 0.6 is 23.2 Å². The Kier molecular flexibility index (Phi) is 6.42. The molecule has 0 unspecified atom stereocenters. The maximum absolute atomic E-state index is 12.8. The van der Waals surface area contributed by atoms with E-state index in [0.29, 0.717) is 40.7 Å². The SMILES string of the molecule is O=C(Nc1ccccc1Cl)[C@@H]1CCCN(S(=O)(=O)Cc2ccc(Cl)cc2)C1. The van der Waals surface area contributed by atoms with Gasteiger partial charge in [0.1, 0.15) is 0 Å². The molecule has 1 amide bonds. The Morgan fingerprint density at radius 1 is 1.11 bits per heavy atom. The molecule has 144 valence electrons. The molecule has 2 aromatic rings. The zero-order valence-corrected chi connectivity index (χ0v) is 16.9. The minimum atomic E-state index is -3.51. The summed E-state index contributed by atoms with van der Waals surface area (Å²) in [5.74, 6) is -0.729. The van der Waals surface area contributed by atoms with E-state index in [4.69, 9.17) is 23.2 Å². The lowest BCUT2D eigenvalue weighted by molar-refractivity contribution is -0.120. The molecule has 27 heavy (non-hydrogen) atoms. The summed E-state index contributed by atoms with van der Waals surface area (Å²) in [4.78, 5) is 12.6. The van der Waals surface area contributed by atoms with Gasteiger partial charge in [-0.1, -0.05) is 47.5 Å². The van der Waals surface area contributed by atoms with Gasteiger partial charge in [0.25, 0.3) is 0 Å². The van der Waals surface area contributed by atoms with Crippen LogP contribution in [0.3, 0.4) is 0 Å². The topological polar surface area (TPSA) is 66.5 Å². The number of nitrogens with zero attached hydrogens (tertiary/aromatic N) is 1. The molecule has 1 atom stereocenters. The highest BCUT2D eigenvalue weighted by molar-refractivity contribution is 7.88. The summed E-state index contributed by atoms with van der Waals surface area (Å²) in [5, 5.41) is 3.81. The Morgan fingerprint density at radius 2 is 1.81 bits per heavy atom. The number of halogens is 2. The maximum atomic E-state index is 12.8.